The van der Waals surface area contributed by atoms with Crippen LogP contribution in [0.5, 0.6) is 5.75 Å². The first-order valence-electron chi connectivity index (χ1n) is 5.71. The highest BCUT2D eigenvalue weighted by molar-refractivity contribution is 5.77. The smallest absolute Gasteiger partial charge is 0.310 e. The topological polar surface area (TPSA) is 57.5 Å². The van der Waals surface area contributed by atoms with Gasteiger partial charge >= 0.3 is 5.97 Å². The van der Waals surface area contributed by atoms with Crippen molar-refractivity contribution in [3.63, 3.8) is 0 Å². The Kier molecular flexibility index (Phi) is 3.51. The van der Waals surface area contributed by atoms with E-state index in [1.54, 1.807) is 13.0 Å². The van der Waals surface area contributed by atoms with Crippen molar-refractivity contribution < 1.29 is 15.0 Å². The molecule has 0 amide bonds. The molecule has 0 saturated carbocycles. The van der Waals surface area contributed by atoms with E-state index in [-0.39, 0.29) is 11.2 Å². The summed E-state index contributed by atoms with van der Waals surface area (Å²) in [6, 6.07) is 3.65. The van der Waals surface area contributed by atoms with Crippen LogP contribution in [-0.4, -0.2) is 16.2 Å². The molecule has 2 N–H and O–H groups in total. The third-order valence-electron chi connectivity index (χ3n) is 2.93. The number of carboxylic acids is 1. The molecular formula is C14H20O3. The number of carboxylic acid groups (broad SMARTS) is 1. The van der Waals surface area contributed by atoms with Gasteiger partial charge in [0, 0.05) is 5.56 Å². The first-order chi connectivity index (χ1) is 7.64. The Morgan fingerprint density at radius 2 is 1.82 bits per heavy atom. The zero-order valence-electron chi connectivity index (χ0n) is 11.0. The molecular weight excluding hydrogens is 216 g/mol. The monoisotopic (exact) mass is 236 g/mol. The third-order valence-corrected chi connectivity index (χ3v) is 2.93. The zero-order chi connectivity index (χ0) is 13.4. The summed E-state index contributed by atoms with van der Waals surface area (Å²) in [5, 5.41) is 19.2. The van der Waals surface area contributed by atoms with E-state index in [0.717, 1.165) is 11.1 Å². The number of benzene rings is 1. The van der Waals surface area contributed by atoms with Crippen molar-refractivity contribution in [2.75, 3.05) is 0 Å². The van der Waals surface area contributed by atoms with E-state index < -0.39 is 11.9 Å². The van der Waals surface area contributed by atoms with E-state index in [1.807, 2.05) is 33.8 Å². The van der Waals surface area contributed by atoms with Gasteiger partial charge in [-0.15, -0.1) is 0 Å². The maximum atomic E-state index is 11.0. The summed E-state index contributed by atoms with van der Waals surface area (Å²) in [7, 11) is 0. The summed E-state index contributed by atoms with van der Waals surface area (Å²) in [6.07, 6.45) is 0. The maximum absolute atomic E-state index is 11.0. The third kappa shape index (κ3) is 2.78. The standard InChI is InChI=1S/C14H20O3/c1-8-6-10(9(2)13(16)17)12(15)11(7-8)14(3,4)5/h6-7,9,15H,1-5H3,(H,16,17). The Morgan fingerprint density at radius 3 is 2.24 bits per heavy atom. The minimum atomic E-state index is -0.925. The fraction of sp³-hybridized carbons (Fsp3) is 0.500. The highest BCUT2D eigenvalue weighted by Gasteiger charge is 2.25. The molecule has 0 aliphatic rings. The average Bonchev–Trinajstić information content (AvgIpc) is 2.18. The van der Waals surface area contributed by atoms with E-state index in [9.17, 15) is 9.90 Å². The van der Waals surface area contributed by atoms with Crippen LogP contribution in [0.25, 0.3) is 0 Å². The quantitative estimate of drug-likeness (QED) is 0.829. The van der Waals surface area contributed by atoms with Crippen LogP contribution in [-0.2, 0) is 10.2 Å². The molecule has 3 nitrogen and oxygen atoms in total. The van der Waals surface area contributed by atoms with Crippen LogP contribution in [0.15, 0.2) is 12.1 Å². The van der Waals surface area contributed by atoms with Gasteiger partial charge in [0.2, 0.25) is 0 Å². The number of hydrogen-bond acceptors (Lipinski definition) is 2. The number of phenolic OH excluding ortho intramolecular Hbond substituents is 1. The normalized spacial score (nSPS) is 13.5. The molecule has 94 valence electrons. The molecule has 0 aliphatic heterocycles. The number of aryl methyl sites for hydroxylation is 1. The van der Waals surface area contributed by atoms with Gasteiger partial charge in [0.15, 0.2) is 0 Å². The number of carbonyl (C=O) groups is 1. The highest BCUT2D eigenvalue weighted by atomic mass is 16.4. The number of rotatable bonds is 2. The molecule has 0 bridgehead atoms. The fourth-order valence-electron chi connectivity index (χ4n) is 1.84. The van der Waals surface area contributed by atoms with Crippen molar-refractivity contribution in [1.29, 1.82) is 0 Å². The van der Waals surface area contributed by atoms with Crippen molar-refractivity contribution in [2.24, 2.45) is 0 Å². The summed E-state index contributed by atoms with van der Waals surface area (Å²) in [4.78, 5) is 11.0. The molecule has 1 aromatic carbocycles. The molecule has 0 heterocycles. The second-order valence-electron chi connectivity index (χ2n) is 5.56. The Balaban J connectivity index is 3.44. The van der Waals surface area contributed by atoms with Crippen LogP contribution in [0.2, 0.25) is 0 Å². The van der Waals surface area contributed by atoms with Crippen LogP contribution >= 0.6 is 0 Å². The summed E-state index contributed by atoms with van der Waals surface area (Å²) in [5.74, 6) is -1.51. The molecule has 0 saturated heterocycles. The first kappa shape index (κ1) is 13.6. The average molecular weight is 236 g/mol. The van der Waals surface area contributed by atoms with Gasteiger partial charge in [-0.1, -0.05) is 38.5 Å². The van der Waals surface area contributed by atoms with Crippen molar-refractivity contribution >= 4 is 5.97 Å². The lowest BCUT2D eigenvalue weighted by molar-refractivity contribution is -0.138. The molecule has 0 aliphatic carbocycles. The second-order valence-corrected chi connectivity index (χ2v) is 5.56. The SMILES string of the molecule is Cc1cc(C(C)C(=O)O)c(O)c(C(C)(C)C)c1. The predicted octanol–water partition coefficient (Wildman–Crippen LogP) is 3.19. The minimum Gasteiger partial charge on any atom is -0.507 e. The lowest BCUT2D eigenvalue weighted by atomic mass is 9.82. The molecule has 17 heavy (non-hydrogen) atoms. The Bertz CT molecular complexity index is 442. The Morgan fingerprint density at radius 1 is 1.29 bits per heavy atom. The number of phenols is 1. The minimum absolute atomic E-state index is 0.109. The van der Waals surface area contributed by atoms with Crippen molar-refractivity contribution in [1.82, 2.24) is 0 Å². The van der Waals surface area contributed by atoms with Gasteiger partial charge in [0.05, 0.1) is 5.92 Å². The highest BCUT2D eigenvalue weighted by Crippen LogP contribution is 2.37. The van der Waals surface area contributed by atoms with Crippen molar-refractivity contribution in [2.45, 2.75) is 46.0 Å². The van der Waals surface area contributed by atoms with E-state index in [2.05, 4.69) is 0 Å². The molecule has 0 aromatic heterocycles. The van der Waals surface area contributed by atoms with E-state index in [0.29, 0.717) is 5.56 Å². The van der Waals surface area contributed by atoms with Crippen LogP contribution in [0.1, 0.15) is 50.3 Å². The Labute approximate surface area is 102 Å². The molecule has 1 atom stereocenters. The zero-order valence-corrected chi connectivity index (χ0v) is 11.0. The van der Waals surface area contributed by atoms with Crippen LogP contribution in [0, 0.1) is 6.92 Å². The van der Waals surface area contributed by atoms with Gasteiger partial charge in [-0.05, 0) is 24.8 Å². The number of aromatic hydroxyl groups is 1. The molecule has 0 radical (unpaired) electrons. The molecule has 0 fully saturated rings. The van der Waals surface area contributed by atoms with E-state index in [1.165, 1.54) is 0 Å². The van der Waals surface area contributed by atoms with E-state index >= 15 is 0 Å². The summed E-state index contributed by atoms with van der Waals surface area (Å²) >= 11 is 0. The number of aliphatic carboxylic acids is 1. The molecule has 0 spiro atoms. The second kappa shape index (κ2) is 4.40. The summed E-state index contributed by atoms with van der Waals surface area (Å²) in [6.45, 7) is 9.49. The molecule has 1 rings (SSSR count). The van der Waals surface area contributed by atoms with Crippen LogP contribution in [0.3, 0.4) is 0 Å². The molecule has 3 heteroatoms. The molecule has 1 aromatic rings. The van der Waals surface area contributed by atoms with Gasteiger partial charge in [0.1, 0.15) is 5.75 Å². The summed E-state index contributed by atoms with van der Waals surface area (Å²) < 4.78 is 0. The Hall–Kier alpha value is -1.51. The van der Waals surface area contributed by atoms with Crippen LogP contribution in [0.4, 0.5) is 0 Å². The predicted molar refractivity (Wildman–Crippen MR) is 67.6 cm³/mol. The first-order valence-corrected chi connectivity index (χ1v) is 5.71. The maximum Gasteiger partial charge on any atom is 0.310 e. The number of hydrogen-bond donors (Lipinski definition) is 2. The fourth-order valence-corrected chi connectivity index (χ4v) is 1.84. The van der Waals surface area contributed by atoms with Gasteiger partial charge in [-0.25, -0.2) is 0 Å². The van der Waals surface area contributed by atoms with E-state index in [4.69, 9.17) is 5.11 Å². The molecule has 1 unspecified atom stereocenters. The lowest BCUT2D eigenvalue weighted by Gasteiger charge is -2.23. The van der Waals surface area contributed by atoms with Crippen molar-refractivity contribution in [3.05, 3.63) is 28.8 Å². The van der Waals surface area contributed by atoms with Crippen molar-refractivity contribution in [3.8, 4) is 5.75 Å². The summed E-state index contributed by atoms with van der Waals surface area (Å²) in [5.41, 5.74) is 2.04. The van der Waals surface area contributed by atoms with Gasteiger partial charge in [0.25, 0.3) is 0 Å². The van der Waals surface area contributed by atoms with Gasteiger partial charge in [-0.3, -0.25) is 4.79 Å². The lowest BCUT2D eigenvalue weighted by Crippen LogP contribution is -2.15. The largest absolute Gasteiger partial charge is 0.507 e. The van der Waals surface area contributed by atoms with Crippen LogP contribution < -0.4 is 0 Å². The van der Waals surface area contributed by atoms with Gasteiger partial charge < -0.3 is 10.2 Å². The van der Waals surface area contributed by atoms with Gasteiger partial charge in [-0.2, -0.15) is 0 Å².